The van der Waals surface area contributed by atoms with Crippen LogP contribution in [0.1, 0.15) is 11.1 Å². The molecule has 1 aromatic rings. The van der Waals surface area contributed by atoms with Gasteiger partial charge in [-0.05, 0) is 30.1 Å². The van der Waals surface area contributed by atoms with Gasteiger partial charge in [0.2, 0.25) is 0 Å². The van der Waals surface area contributed by atoms with Crippen molar-refractivity contribution >= 4 is 18.4 Å². The zero-order valence-corrected chi connectivity index (χ0v) is 13.8. The van der Waals surface area contributed by atoms with Crippen LogP contribution in [0, 0.1) is 0 Å². The van der Waals surface area contributed by atoms with Gasteiger partial charge in [0.05, 0.1) is 5.75 Å². The standard InChI is InChI=1S/C13H22O4SSi/c1-16-19(4,17-2)10-9-12-5-7-13(8-6-12)11-18(3,14)15/h5-8H,9-11H2,1-4H3. The third kappa shape index (κ3) is 5.86. The predicted octanol–water partition coefficient (Wildman–Crippen LogP) is 2.14. The molecule has 0 fully saturated rings. The molecule has 6 heteroatoms. The summed E-state index contributed by atoms with van der Waals surface area (Å²) in [5, 5.41) is 0. The lowest BCUT2D eigenvalue weighted by Crippen LogP contribution is -2.36. The topological polar surface area (TPSA) is 52.6 Å². The van der Waals surface area contributed by atoms with Gasteiger partial charge in [-0.1, -0.05) is 24.3 Å². The molecule has 0 aliphatic carbocycles. The van der Waals surface area contributed by atoms with Crippen molar-refractivity contribution in [2.75, 3.05) is 20.5 Å². The maximum Gasteiger partial charge on any atom is 0.334 e. The zero-order chi connectivity index (χ0) is 14.5. The molecule has 4 nitrogen and oxygen atoms in total. The molecule has 0 radical (unpaired) electrons. The molecule has 0 aliphatic heterocycles. The van der Waals surface area contributed by atoms with Crippen molar-refractivity contribution in [3.05, 3.63) is 35.4 Å². The minimum atomic E-state index is -2.97. The van der Waals surface area contributed by atoms with Gasteiger partial charge < -0.3 is 8.85 Å². The van der Waals surface area contributed by atoms with Crippen LogP contribution >= 0.6 is 0 Å². The highest BCUT2D eigenvalue weighted by Gasteiger charge is 2.27. The van der Waals surface area contributed by atoms with Crippen LogP contribution in [0.3, 0.4) is 0 Å². The molecule has 0 bridgehead atoms. The van der Waals surface area contributed by atoms with E-state index < -0.39 is 18.4 Å². The summed E-state index contributed by atoms with van der Waals surface area (Å²) >= 11 is 0. The molecule has 0 unspecified atom stereocenters. The molecule has 1 aromatic carbocycles. The first kappa shape index (κ1) is 16.4. The quantitative estimate of drug-likeness (QED) is 0.724. The van der Waals surface area contributed by atoms with E-state index >= 15 is 0 Å². The van der Waals surface area contributed by atoms with Crippen molar-refractivity contribution in [3.8, 4) is 0 Å². The summed E-state index contributed by atoms with van der Waals surface area (Å²) in [5.74, 6) is 0.0931. The molecule has 0 saturated carbocycles. The third-order valence-corrected chi connectivity index (χ3v) is 6.93. The second kappa shape index (κ2) is 6.65. The first-order valence-corrected chi connectivity index (χ1v) is 10.7. The van der Waals surface area contributed by atoms with Gasteiger partial charge in [-0.15, -0.1) is 0 Å². The van der Waals surface area contributed by atoms with Crippen LogP contribution in [0.4, 0.5) is 0 Å². The number of benzene rings is 1. The van der Waals surface area contributed by atoms with Crippen LogP contribution in [0.5, 0.6) is 0 Å². The van der Waals surface area contributed by atoms with Gasteiger partial charge in [0.1, 0.15) is 0 Å². The lowest BCUT2D eigenvalue weighted by molar-refractivity contribution is 0.249. The average Bonchev–Trinajstić information content (AvgIpc) is 2.36. The van der Waals surface area contributed by atoms with Gasteiger partial charge >= 0.3 is 8.56 Å². The van der Waals surface area contributed by atoms with Gasteiger partial charge in [0, 0.05) is 20.5 Å². The number of sulfone groups is 1. The molecule has 0 N–H and O–H groups in total. The van der Waals surface area contributed by atoms with Crippen molar-refractivity contribution in [1.82, 2.24) is 0 Å². The Labute approximate surface area is 116 Å². The van der Waals surface area contributed by atoms with Crippen LogP contribution < -0.4 is 0 Å². The summed E-state index contributed by atoms with van der Waals surface area (Å²) in [4.78, 5) is 0. The molecular formula is C13H22O4SSi. The van der Waals surface area contributed by atoms with Crippen molar-refractivity contribution in [1.29, 1.82) is 0 Å². The van der Waals surface area contributed by atoms with Crippen LogP contribution in [-0.4, -0.2) is 37.5 Å². The smallest absolute Gasteiger partial charge is 0.334 e. The SMILES string of the molecule is CO[Si](C)(CCc1ccc(CS(C)(=O)=O)cc1)OC. The fourth-order valence-corrected chi connectivity index (χ4v) is 3.88. The van der Waals surface area contributed by atoms with E-state index in [2.05, 4.69) is 0 Å². The highest BCUT2D eigenvalue weighted by atomic mass is 32.2. The Hall–Kier alpha value is -0.693. The van der Waals surface area contributed by atoms with Gasteiger partial charge in [-0.3, -0.25) is 0 Å². The molecule has 0 atom stereocenters. The van der Waals surface area contributed by atoms with E-state index in [1.165, 1.54) is 11.8 Å². The largest absolute Gasteiger partial charge is 0.398 e. The molecule has 0 spiro atoms. The maximum atomic E-state index is 11.2. The average molecular weight is 302 g/mol. The van der Waals surface area contributed by atoms with Crippen LogP contribution in [-0.2, 0) is 30.9 Å². The molecule has 1 rings (SSSR count). The highest BCUT2D eigenvalue weighted by molar-refractivity contribution is 7.89. The molecule has 0 amide bonds. The molecule has 108 valence electrons. The number of aryl methyl sites for hydroxylation is 1. The molecule has 0 saturated heterocycles. The van der Waals surface area contributed by atoms with Crippen LogP contribution in [0.15, 0.2) is 24.3 Å². The molecule has 0 heterocycles. The van der Waals surface area contributed by atoms with Crippen molar-refractivity contribution < 1.29 is 17.3 Å². The van der Waals surface area contributed by atoms with Crippen LogP contribution in [0.25, 0.3) is 0 Å². The van der Waals surface area contributed by atoms with Crippen molar-refractivity contribution in [3.63, 3.8) is 0 Å². The van der Waals surface area contributed by atoms with E-state index in [1.54, 1.807) is 14.2 Å². The zero-order valence-electron chi connectivity index (χ0n) is 12.0. The van der Waals surface area contributed by atoms with E-state index in [-0.39, 0.29) is 5.75 Å². The number of hydrogen-bond donors (Lipinski definition) is 0. The lowest BCUT2D eigenvalue weighted by Gasteiger charge is -2.22. The minimum Gasteiger partial charge on any atom is -0.398 e. The Morgan fingerprint density at radius 3 is 1.95 bits per heavy atom. The minimum absolute atomic E-state index is 0.0931. The van der Waals surface area contributed by atoms with E-state index in [0.717, 1.165) is 18.0 Å². The fourth-order valence-electron chi connectivity index (χ4n) is 1.76. The van der Waals surface area contributed by atoms with E-state index in [4.69, 9.17) is 8.85 Å². The van der Waals surface area contributed by atoms with Gasteiger partial charge in [-0.25, -0.2) is 8.42 Å². The summed E-state index contributed by atoms with van der Waals surface area (Å²) < 4.78 is 33.3. The predicted molar refractivity (Wildman–Crippen MR) is 79.1 cm³/mol. The summed E-state index contributed by atoms with van der Waals surface area (Å²) in [7, 11) is -1.62. The van der Waals surface area contributed by atoms with Crippen LogP contribution in [0.2, 0.25) is 12.6 Å². The van der Waals surface area contributed by atoms with Gasteiger partial charge in [0.15, 0.2) is 9.84 Å². The Balaban J connectivity index is 2.63. The Bertz CT molecular complexity index is 492. The Morgan fingerprint density at radius 1 is 1.05 bits per heavy atom. The van der Waals surface area contributed by atoms with E-state index in [0.29, 0.717) is 0 Å². The maximum absolute atomic E-state index is 11.2. The second-order valence-corrected chi connectivity index (χ2v) is 10.7. The van der Waals surface area contributed by atoms with Gasteiger partial charge in [-0.2, -0.15) is 0 Å². The van der Waals surface area contributed by atoms with Crippen molar-refractivity contribution in [2.45, 2.75) is 24.8 Å². The van der Waals surface area contributed by atoms with Crippen molar-refractivity contribution in [2.24, 2.45) is 0 Å². The fraction of sp³-hybridized carbons (Fsp3) is 0.538. The first-order chi connectivity index (χ1) is 8.78. The normalized spacial score (nSPS) is 12.6. The lowest BCUT2D eigenvalue weighted by atomic mass is 10.1. The molecular weight excluding hydrogens is 280 g/mol. The first-order valence-electron chi connectivity index (χ1n) is 6.14. The third-order valence-electron chi connectivity index (χ3n) is 3.18. The van der Waals surface area contributed by atoms with E-state index in [1.807, 2.05) is 30.8 Å². The van der Waals surface area contributed by atoms with Gasteiger partial charge in [0.25, 0.3) is 0 Å². The van der Waals surface area contributed by atoms with E-state index in [9.17, 15) is 8.42 Å². The Morgan fingerprint density at radius 2 is 1.53 bits per heavy atom. The summed E-state index contributed by atoms with van der Waals surface area (Å²) in [5.41, 5.74) is 2.00. The molecule has 0 aliphatic rings. The number of rotatable bonds is 7. The Kier molecular flexibility index (Phi) is 5.73. The monoisotopic (exact) mass is 302 g/mol. The second-order valence-electron chi connectivity index (χ2n) is 4.93. The molecule has 19 heavy (non-hydrogen) atoms. The highest BCUT2D eigenvalue weighted by Crippen LogP contribution is 2.16. The summed E-state index contributed by atoms with van der Waals surface area (Å²) in [6.45, 7) is 2.03. The summed E-state index contributed by atoms with van der Waals surface area (Å²) in [6, 6.07) is 8.57. The molecule has 0 aromatic heterocycles. The summed E-state index contributed by atoms with van der Waals surface area (Å²) in [6.07, 6.45) is 2.12. The number of hydrogen-bond acceptors (Lipinski definition) is 4.